The molecule has 0 atom stereocenters. The van der Waals surface area contributed by atoms with Gasteiger partial charge in [-0.15, -0.1) is 0 Å². The van der Waals surface area contributed by atoms with Crippen molar-refractivity contribution >= 4 is 16.7 Å². The highest BCUT2D eigenvalue weighted by Crippen LogP contribution is 2.18. The first-order chi connectivity index (χ1) is 6.33. The molecule has 0 amide bonds. The fraction of sp³-hybridized carbons (Fsp3) is 0. The predicted molar refractivity (Wildman–Crippen MR) is 48.0 cm³/mol. The molecule has 1 aromatic heterocycles. The van der Waals surface area contributed by atoms with Gasteiger partial charge < -0.3 is 4.98 Å². The second-order valence-electron chi connectivity index (χ2n) is 2.72. The van der Waals surface area contributed by atoms with Crippen molar-refractivity contribution in [1.29, 1.82) is 0 Å². The van der Waals surface area contributed by atoms with E-state index in [1.165, 1.54) is 6.20 Å². The van der Waals surface area contributed by atoms with Crippen LogP contribution in [0.3, 0.4) is 0 Å². The summed E-state index contributed by atoms with van der Waals surface area (Å²) in [4.78, 5) is 13.9. The van der Waals surface area contributed by atoms with Crippen LogP contribution >= 0.6 is 0 Å². The molecule has 0 aliphatic carbocycles. The van der Waals surface area contributed by atoms with E-state index in [2.05, 4.69) is 4.98 Å². The van der Waals surface area contributed by atoms with Crippen LogP contribution in [0.15, 0.2) is 30.5 Å². The average Bonchev–Trinajstić information content (AvgIpc) is 2.60. The van der Waals surface area contributed by atoms with Crippen LogP contribution in [0.2, 0.25) is 0 Å². The third-order valence-electron chi connectivity index (χ3n) is 1.95. The fourth-order valence-electron chi connectivity index (χ4n) is 1.33. The number of rotatable bonds is 2. The van der Waals surface area contributed by atoms with Gasteiger partial charge >= 0.3 is 0 Å². The van der Waals surface area contributed by atoms with Gasteiger partial charge in [-0.3, -0.25) is 4.79 Å². The van der Waals surface area contributed by atoms with E-state index >= 15 is 0 Å². The largest absolute Gasteiger partial charge is 0.360 e. The van der Waals surface area contributed by atoms with E-state index in [1.54, 1.807) is 6.07 Å². The first-order valence-electron chi connectivity index (χ1n) is 3.87. The molecular formula is C10H7FNO. The topological polar surface area (TPSA) is 32.9 Å². The zero-order chi connectivity index (χ0) is 9.26. The van der Waals surface area contributed by atoms with E-state index in [0.29, 0.717) is 5.56 Å². The number of H-pyrrole nitrogens is 1. The molecule has 0 bridgehead atoms. The molecule has 0 aliphatic rings. The number of fused-ring (bicyclic) bond motifs is 1. The molecular weight excluding hydrogens is 169 g/mol. The summed E-state index contributed by atoms with van der Waals surface area (Å²) >= 11 is 0. The Morgan fingerprint density at radius 3 is 2.92 bits per heavy atom. The van der Waals surface area contributed by atoms with Crippen molar-refractivity contribution in [2.75, 3.05) is 0 Å². The lowest BCUT2D eigenvalue weighted by molar-refractivity contribution is 0.1000. The molecule has 3 heteroatoms. The molecule has 1 N–H and O–H groups in total. The molecule has 0 aliphatic heterocycles. The van der Waals surface area contributed by atoms with E-state index in [4.69, 9.17) is 0 Å². The van der Waals surface area contributed by atoms with Gasteiger partial charge in [0, 0.05) is 22.7 Å². The third kappa shape index (κ3) is 1.22. The quantitative estimate of drug-likeness (QED) is 0.700. The highest BCUT2D eigenvalue weighted by atomic mass is 19.1. The van der Waals surface area contributed by atoms with Gasteiger partial charge in [-0.25, -0.2) is 4.39 Å². The maximum absolute atomic E-state index is 12.0. The summed E-state index contributed by atoms with van der Waals surface area (Å²) in [6, 6.07) is 7.28. The molecule has 2 rings (SSSR count). The van der Waals surface area contributed by atoms with E-state index in [1.807, 2.05) is 18.2 Å². The van der Waals surface area contributed by atoms with E-state index in [9.17, 15) is 9.18 Å². The molecule has 65 valence electrons. The van der Waals surface area contributed by atoms with Gasteiger partial charge in [-0.1, -0.05) is 18.2 Å². The minimum atomic E-state index is -0.600. The highest BCUT2D eigenvalue weighted by Gasteiger charge is 2.10. The number of ketones is 1. The van der Waals surface area contributed by atoms with Gasteiger partial charge in [0.15, 0.2) is 0 Å². The summed E-state index contributed by atoms with van der Waals surface area (Å²) in [6.07, 6.45) is 1.52. The normalized spacial score (nSPS) is 10.5. The number of benzene rings is 1. The summed E-state index contributed by atoms with van der Waals surface area (Å²) in [7, 11) is 0. The van der Waals surface area contributed by atoms with Crippen molar-refractivity contribution in [2.45, 2.75) is 0 Å². The van der Waals surface area contributed by atoms with Gasteiger partial charge in [0.1, 0.15) is 0 Å². The molecule has 0 saturated heterocycles. The van der Waals surface area contributed by atoms with Crippen LogP contribution in [0.5, 0.6) is 0 Å². The van der Waals surface area contributed by atoms with Crippen molar-refractivity contribution in [3.8, 4) is 0 Å². The fourth-order valence-corrected chi connectivity index (χ4v) is 1.33. The summed E-state index contributed by atoms with van der Waals surface area (Å²) < 4.78 is 12.0. The van der Waals surface area contributed by atoms with Crippen LogP contribution in [-0.2, 0) is 0 Å². The first-order valence-corrected chi connectivity index (χ1v) is 3.87. The lowest BCUT2D eigenvalue weighted by Gasteiger charge is -1.91. The summed E-state index contributed by atoms with van der Waals surface area (Å²) in [5.74, 6) is -0.600. The van der Waals surface area contributed by atoms with Crippen LogP contribution in [0.25, 0.3) is 10.9 Å². The number of aromatic nitrogens is 1. The molecule has 1 aromatic carbocycles. The molecule has 0 saturated carbocycles. The number of carbonyl (C=O) groups is 1. The minimum absolute atomic E-state index is 0.0790. The number of carbonyl (C=O) groups excluding carboxylic acids is 1. The average molecular weight is 176 g/mol. The highest BCUT2D eigenvalue weighted by molar-refractivity contribution is 6.11. The Labute approximate surface area is 74.4 Å². The zero-order valence-electron chi connectivity index (χ0n) is 6.75. The van der Waals surface area contributed by atoms with Gasteiger partial charge in [-0.05, 0) is 6.07 Å². The summed E-state index contributed by atoms with van der Waals surface area (Å²) in [5, 5.41) is 0.751. The molecule has 0 spiro atoms. The molecule has 2 nitrogen and oxygen atoms in total. The van der Waals surface area contributed by atoms with Crippen LogP contribution in [0.4, 0.5) is 4.39 Å². The summed E-state index contributed by atoms with van der Waals surface area (Å²) in [6.45, 7) is 0.0790. The van der Waals surface area contributed by atoms with E-state index in [-0.39, 0.29) is 6.67 Å². The number of Topliss-reactive ketones (excluding diaryl/α,β-unsaturated/α-hetero) is 1. The lowest BCUT2D eigenvalue weighted by Crippen LogP contribution is -1.93. The molecule has 2 aromatic rings. The van der Waals surface area contributed by atoms with E-state index in [0.717, 1.165) is 10.9 Å². The second kappa shape index (κ2) is 3.01. The van der Waals surface area contributed by atoms with Crippen LogP contribution in [0.1, 0.15) is 10.4 Å². The molecule has 13 heavy (non-hydrogen) atoms. The van der Waals surface area contributed by atoms with Crippen molar-refractivity contribution in [2.24, 2.45) is 0 Å². The maximum atomic E-state index is 12.0. The number of halogens is 1. The van der Waals surface area contributed by atoms with Gasteiger partial charge in [0.2, 0.25) is 12.5 Å². The van der Waals surface area contributed by atoms with Gasteiger partial charge in [0.05, 0.1) is 0 Å². The standard InChI is InChI=1S/C10H7FNO/c11-5-10(13)8-6-12-9-4-2-1-3-7(8)9/h1-6,12H. The second-order valence-corrected chi connectivity index (χ2v) is 2.72. The summed E-state index contributed by atoms with van der Waals surface area (Å²) in [5.41, 5.74) is 1.21. The minimum Gasteiger partial charge on any atom is -0.360 e. The Balaban J connectivity index is 2.64. The number of para-hydroxylation sites is 1. The van der Waals surface area contributed by atoms with Crippen molar-refractivity contribution in [3.05, 3.63) is 42.7 Å². The number of aromatic amines is 1. The van der Waals surface area contributed by atoms with Crippen LogP contribution < -0.4 is 0 Å². The van der Waals surface area contributed by atoms with Crippen molar-refractivity contribution in [3.63, 3.8) is 0 Å². The number of hydrogen-bond acceptors (Lipinski definition) is 1. The Morgan fingerprint density at radius 2 is 2.15 bits per heavy atom. The Bertz CT molecular complexity index is 447. The number of nitrogens with one attached hydrogen (secondary N) is 1. The maximum Gasteiger partial charge on any atom is 0.202 e. The molecule has 0 unspecified atom stereocenters. The van der Waals surface area contributed by atoms with Crippen molar-refractivity contribution < 1.29 is 9.18 Å². The monoisotopic (exact) mass is 176 g/mol. The Kier molecular flexibility index (Phi) is 1.85. The number of hydrogen-bond donors (Lipinski definition) is 1. The van der Waals surface area contributed by atoms with Crippen LogP contribution in [-0.4, -0.2) is 10.8 Å². The molecule has 0 fully saturated rings. The molecule has 1 heterocycles. The van der Waals surface area contributed by atoms with Crippen LogP contribution in [0, 0.1) is 6.67 Å². The molecule has 1 radical (unpaired) electrons. The van der Waals surface area contributed by atoms with Gasteiger partial charge in [0.25, 0.3) is 0 Å². The van der Waals surface area contributed by atoms with Crippen molar-refractivity contribution in [1.82, 2.24) is 4.98 Å². The Hall–Kier alpha value is -1.64. The predicted octanol–water partition coefficient (Wildman–Crippen LogP) is 2.48. The lowest BCUT2D eigenvalue weighted by atomic mass is 10.1. The Morgan fingerprint density at radius 1 is 1.38 bits per heavy atom. The van der Waals surface area contributed by atoms with Gasteiger partial charge in [-0.2, -0.15) is 0 Å². The first kappa shape index (κ1) is 7.98. The zero-order valence-corrected chi connectivity index (χ0v) is 6.75. The van der Waals surface area contributed by atoms with E-state index < -0.39 is 5.78 Å². The third-order valence-corrected chi connectivity index (χ3v) is 1.95. The smallest absolute Gasteiger partial charge is 0.202 e. The SMILES string of the molecule is O=C([CH]F)c1c[nH]c2ccccc12.